The summed E-state index contributed by atoms with van der Waals surface area (Å²) in [6.07, 6.45) is 4.72. The second-order valence-corrected chi connectivity index (χ2v) is 6.23. The number of aromatic nitrogens is 2. The maximum absolute atomic E-state index is 10.6. The smallest absolute Gasteiger partial charge is 0.306 e. The second kappa shape index (κ2) is 9.07. The van der Waals surface area contributed by atoms with Crippen LogP contribution in [0.1, 0.15) is 11.1 Å². The van der Waals surface area contributed by atoms with Crippen molar-refractivity contribution in [2.75, 3.05) is 19.8 Å². The van der Waals surface area contributed by atoms with Gasteiger partial charge in [0.15, 0.2) is 5.96 Å². The van der Waals surface area contributed by atoms with Gasteiger partial charge < -0.3 is 10.6 Å². The quantitative estimate of drug-likeness (QED) is 0.258. The lowest BCUT2D eigenvalue weighted by atomic mass is 10.1. The van der Waals surface area contributed by atoms with Crippen molar-refractivity contribution in [1.29, 1.82) is 0 Å². The molecule has 0 unspecified atom stereocenters. The molecular weight excluding hydrogens is 340 g/mol. The third kappa shape index (κ3) is 5.49. The lowest BCUT2D eigenvalue weighted by molar-refractivity contribution is -0.385. The molecule has 0 atom stereocenters. The minimum Gasteiger partial charge on any atom is -0.355 e. The third-order valence-corrected chi connectivity index (χ3v) is 4.40. The van der Waals surface area contributed by atoms with Gasteiger partial charge in [0.2, 0.25) is 0 Å². The van der Waals surface area contributed by atoms with Gasteiger partial charge in [0, 0.05) is 25.0 Å². The van der Waals surface area contributed by atoms with Crippen LogP contribution >= 0.6 is 11.8 Å². The summed E-state index contributed by atoms with van der Waals surface area (Å²) in [7, 11) is 1.71. The van der Waals surface area contributed by atoms with Crippen molar-refractivity contribution >= 4 is 23.4 Å². The fourth-order valence-corrected chi connectivity index (χ4v) is 2.96. The molecule has 2 rings (SSSR count). The van der Waals surface area contributed by atoms with E-state index in [0.717, 1.165) is 0 Å². The van der Waals surface area contributed by atoms with Crippen LogP contribution in [-0.4, -0.2) is 40.5 Å². The van der Waals surface area contributed by atoms with Crippen molar-refractivity contribution in [1.82, 2.24) is 20.4 Å². The SMILES string of the molecule is CN=C(NCCn1cc([N+](=O)[O-])cn1)NCc1ccc(C)cc1SC. The lowest BCUT2D eigenvalue weighted by Gasteiger charge is -2.14. The Kier molecular flexibility index (Phi) is 6.81. The van der Waals surface area contributed by atoms with E-state index in [-0.39, 0.29) is 5.69 Å². The molecule has 0 saturated heterocycles. The molecule has 2 aromatic rings. The Hall–Kier alpha value is -2.55. The number of nitrogens with zero attached hydrogens (tertiary/aromatic N) is 4. The Bertz CT molecular complexity index is 759. The Morgan fingerprint density at radius 1 is 1.44 bits per heavy atom. The van der Waals surface area contributed by atoms with E-state index in [2.05, 4.69) is 52.1 Å². The largest absolute Gasteiger partial charge is 0.355 e. The molecule has 0 aliphatic heterocycles. The molecule has 134 valence electrons. The number of nitrogens with one attached hydrogen (secondary N) is 2. The van der Waals surface area contributed by atoms with Crippen LogP contribution < -0.4 is 10.6 Å². The van der Waals surface area contributed by atoms with Crippen molar-refractivity contribution < 1.29 is 4.92 Å². The van der Waals surface area contributed by atoms with E-state index in [1.807, 2.05) is 0 Å². The Balaban J connectivity index is 1.83. The van der Waals surface area contributed by atoms with Crippen LogP contribution in [-0.2, 0) is 13.1 Å². The molecule has 1 aromatic heterocycles. The number of benzene rings is 1. The summed E-state index contributed by atoms with van der Waals surface area (Å²) in [5, 5.41) is 21.1. The van der Waals surface area contributed by atoms with Gasteiger partial charge in [0.25, 0.3) is 0 Å². The van der Waals surface area contributed by atoms with Crippen molar-refractivity contribution in [2.45, 2.75) is 24.9 Å². The van der Waals surface area contributed by atoms with E-state index in [1.54, 1.807) is 18.8 Å². The fourth-order valence-electron chi connectivity index (χ4n) is 2.26. The van der Waals surface area contributed by atoms with E-state index in [9.17, 15) is 10.1 Å². The zero-order chi connectivity index (χ0) is 18.2. The van der Waals surface area contributed by atoms with Gasteiger partial charge >= 0.3 is 5.69 Å². The van der Waals surface area contributed by atoms with Gasteiger partial charge in [-0.25, -0.2) is 0 Å². The Labute approximate surface area is 150 Å². The predicted molar refractivity (Wildman–Crippen MR) is 100 cm³/mol. The van der Waals surface area contributed by atoms with Crippen LogP contribution in [0.3, 0.4) is 0 Å². The summed E-state index contributed by atoms with van der Waals surface area (Å²) in [6.45, 7) is 3.82. The molecule has 9 heteroatoms. The van der Waals surface area contributed by atoms with Gasteiger partial charge in [-0.15, -0.1) is 11.8 Å². The topological polar surface area (TPSA) is 97.4 Å². The Morgan fingerprint density at radius 3 is 2.88 bits per heavy atom. The maximum Gasteiger partial charge on any atom is 0.306 e. The molecule has 25 heavy (non-hydrogen) atoms. The summed E-state index contributed by atoms with van der Waals surface area (Å²) < 4.78 is 1.53. The highest BCUT2D eigenvalue weighted by molar-refractivity contribution is 7.98. The molecule has 0 bridgehead atoms. The molecule has 0 radical (unpaired) electrons. The van der Waals surface area contributed by atoms with E-state index in [4.69, 9.17) is 0 Å². The molecule has 0 spiro atoms. The standard InChI is InChI=1S/C16H22N6O2S/c1-12-4-5-13(15(8-12)25-3)9-19-16(17-2)18-6-7-21-11-14(10-20-21)22(23)24/h4-5,8,10-11H,6-7,9H2,1-3H3,(H2,17,18,19). The van der Waals surface area contributed by atoms with Crippen LogP contribution in [0.2, 0.25) is 0 Å². The zero-order valence-corrected chi connectivity index (χ0v) is 15.3. The van der Waals surface area contributed by atoms with Crippen LogP contribution in [0.4, 0.5) is 5.69 Å². The molecule has 0 amide bonds. The van der Waals surface area contributed by atoms with E-state index in [1.165, 1.54) is 33.1 Å². The zero-order valence-electron chi connectivity index (χ0n) is 14.5. The minimum atomic E-state index is -0.456. The average molecular weight is 362 g/mol. The summed E-state index contributed by atoms with van der Waals surface area (Å²) in [5.74, 6) is 0.675. The fraction of sp³-hybridized carbons (Fsp3) is 0.375. The van der Waals surface area contributed by atoms with Gasteiger partial charge in [-0.3, -0.25) is 19.8 Å². The number of aliphatic imine (C=N–C) groups is 1. The van der Waals surface area contributed by atoms with Crippen LogP contribution in [0.25, 0.3) is 0 Å². The third-order valence-electron chi connectivity index (χ3n) is 3.58. The molecule has 1 aromatic carbocycles. The minimum absolute atomic E-state index is 0.00790. The van der Waals surface area contributed by atoms with E-state index >= 15 is 0 Å². The van der Waals surface area contributed by atoms with Gasteiger partial charge in [0.1, 0.15) is 12.4 Å². The molecule has 2 N–H and O–H groups in total. The van der Waals surface area contributed by atoms with Crippen molar-refractivity contribution in [3.63, 3.8) is 0 Å². The molecule has 0 aliphatic carbocycles. The summed E-state index contributed by atoms with van der Waals surface area (Å²) in [5.41, 5.74) is 2.44. The first-order valence-electron chi connectivity index (χ1n) is 7.78. The maximum atomic E-state index is 10.6. The van der Waals surface area contributed by atoms with E-state index in [0.29, 0.717) is 25.6 Å². The normalized spacial score (nSPS) is 11.4. The van der Waals surface area contributed by atoms with Gasteiger partial charge in [0.05, 0.1) is 11.5 Å². The highest BCUT2D eigenvalue weighted by Gasteiger charge is 2.08. The number of hydrogen-bond acceptors (Lipinski definition) is 5. The number of guanidine groups is 1. The molecule has 0 fully saturated rings. The predicted octanol–water partition coefficient (Wildman–Crippen LogP) is 2.19. The highest BCUT2D eigenvalue weighted by Crippen LogP contribution is 2.21. The summed E-state index contributed by atoms with van der Waals surface area (Å²) in [6, 6.07) is 6.38. The first-order valence-corrected chi connectivity index (χ1v) is 9.01. The first-order chi connectivity index (χ1) is 12.0. The number of nitro groups is 1. The van der Waals surface area contributed by atoms with Crippen molar-refractivity contribution in [2.24, 2.45) is 4.99 Å². The van der Waals surface area contributed by atoms with Crippen LogP contribution in [0.5, 0.6) is 0 Å². The lowest BCUT2D eigenvalue weighted by Crippen LogP contribution is -2.38. The number of thioether (sulfide) groups is 1. The van der Waals surface area contributed by atoms with Gasteiger partial charge in [-0.05, 0) is 30.4 Å². The summed E-state index contributed by atoms with van der Waals surface area (Å²) >= 11 is 1.72. The number of rotatable bonds is 7. The van der Waals surface area contributed by atoms with E-state index < -0.39 is 4.92 Å². The second-order valence-electron chi connectivity index (χ2n) is 5.39. The monoisotopic (exact) mass is 362 g/mol. The molecule has 1 heterocycles. The van der Waals surface area contributed by atoms with Gasteiger partial charge in [-0.2, -0.15) is 5.10 Å². The van der Waals surface area contributed by atoms with Gasteiger partial charge in [-0.1, -0.05) is 12.1 Å². The highest BCUT2D eigenvalue weighted by atomic mass is 32.2. The molecule has 8 nitrogen and oxygen atoms in total. The molecule has 0 saturated carbocycles. The average Bonchev–Trinajstić information content (AvgIpc) is 3.07. The molecule has 0 aliphatic rings. The number of aryl methyl sites for hydroxylation is 1. The molecular formula is C16H22N6O2S. The first kappa shape index (κ1) is 18.8. The van der Waals surface area contributed by atoms with Crippen LogP contribution in [0.15, 0.2) is 40.5 Å². The van der Waals surface area contributed by atoms with Crippen LogP contribution in [0, 0.1) is 17.0 Å². The van der Waals surface area contributed by atoms with Crippen molar-refractivity contribution in [3.8, 4) is 0 Å². The number of hydrogen-bond donors (Lipinski definition) is 2. The summed E-state index contributed by atoms with van der Waals surface area (Å²) in [4.78, 5) is 15.6. The van der Waals surface area contributed by atoms with Crippen molar-refractivity contribution in [3.05, 3.63) is 51.8 Å². The Morgan fingerprint density at radius 2 is 2.24 bits per heavy atom.